The lowest BCUT2D eigenvalue weighted by molar-refractivity contribution is -0.140. The van der Waals surface area contributed by atoms with Crippen LogP contribution < -0.4 is 5.32 Å². The maximum atomic E-state index is 11.6. The number of carbonyl (C=O) groups is 2. The number of hydrogen-bond acceptors (Lipinski definition) is 4. The molecule has 0 aromatic rings. The van der Waals surface area contributed by atoms with E-state index in [1.165, 1.54) is 16.7 Å². The number of carboxylic acid groups (broad SMARTS) is 1. The fourth-order valence-corrected chi connectivity index (χ4v) is 2.47. The van der Waals surface area contributed by atoms with Crippen LogP contribution in [0, 0.1) is 0 Å². The maximum Gasteiger partial charge on any atom is 0.327 e. The van der Waals surface area contributed by atoms with Gasteiger partial charge in [0.2, 0.25) is 0 Å². The lowest BCUT2D eigenvalue weighted by Gasteiger charge is -2.20. The predicted molar refractivity (Wildman–Crippen MR) is 60.5 cm³/mol. The highest BCUT2D eigenvalue weighted by Crippen LogP contribution is 2.20. The summed E-state index contributed by atoms with van der Waals surface area (Å²) in [6, 6.07) is -1.05. The Balaban J connectivity index is 2.32. The van der Waals surface area contributed by atoms with Gasteiger partial charge in [-0.1, -0.05) is 0 Å². The minimum atomic E-state index is -0.954. The van der Waals surface area contributed by atoms with Gasteiger partial charge in [-0.2, -0.15) is 0 Å². The van der Waals surface area contributed by atoms with E-state index in [1.54, 1.807) is 0 Å². The van der Waals surface area contributed by atoms with Crippen molar-refractivity contribution in [3.63, 3.8) is 0 Å². The van der Waals surface area contributed by atoms with Crippen LogP contribution in [0.1, 0.15) is 6.92 Å². The van der Waals surface area contributed by atoms with Gasteiger partial charge in [0, 0.05) is 18.9 Å². The fraction of sp³-hybridized carbons (Fsp3) is 0.778. The summed E-state index contributed by atoms with van der Waals surface area (Å²) in [7, 11) is 0. The topological polar surface area (TPSA) is 78.9 Å². The van der Waals surface area contributed by atoms with Crippen molar-refractivity contribution in [3.05, 3.63) is 0 Å². The number of carboxylic acids is 1. The number of urea groups is 1. The van der Waals surface area contributed by atoms with Crippen molar-refractivity contribution < 1.29 is 19.4 Å². The van der Waals surface area contributed by atoms with Gasteiger partial charge in [0.15, 0.2) is 0 Å². The third-order valence-corrected chi connectivity index (χ3v) is 3.17. The maximum absolute atomic E-state index is 11.6. The van der Waals surface area contributed by atoms with E-state index in [9.17, 15) is 9.59 Å². The van der Waals surface area contributed by atoms with E-state index < -0.39 is 12.0 Å². The lowest BCUT2D eigenvalue weighted by atomic mass is 10.3. The second kappa shape index (κ2) is 6.59. The molecule has 0 bridgehead atoms. The standard InChI is InChI=1S/C9H16N2O4S/c1-2-15-4-3-10-9(14)11-6-16-5-7(11)8(12)13/h7H,2-6H2,1H3,(H,10,14)(H,12,13). The van der Waals surface area contributed by atoms with Gasteiger partial charge in [-0.25, -0.2) is 9.59 Å². The molecule has 0 saturated carbocycles. The van der Waals surface area contributed by atoms with Crippen LogP contribution in [-0.4, -0.2) is 59.4 Å². The molecular weight excluding hydrogens is 232 g/mol. The molecule has 6 nitrogen and oxygen atoms in total. The number of ether oxygens (including phenoxy) is 1. The number of thioether (sulfide) groups is 1. The molecule has 16 heavy (non-hydrogen) atoms. The second-order valence-electron chi connectivity index (χ2n) is 3.25. The Morgan fingerprint density at radius 3 is 3.00 bits per heavy atom. The Hall–Kier alpha value is -0.950. The van der Waals surface area contributed by atoms with E-state index in [-0.39, 0.29) is 6.03 Å². The van der Waals surface area contributed by atoms with Gasteiger partial charge in [-0.05, 0) is 6.92 Å². The number of nitrogens with one attached hydrogen (secondary N) is 1. The first-order valence-corrected chi connectivity index (χ1v) is 6.25. The highest BCUT2D eigenvalue weighted by molar-refractivity contribution is 7.99. The van der Waals surface area contributed by atoms with Gasteiger partial charge in [0.1, 0.15) is 6.04 Å². The van der Waals surface area contributed by atoms with Crippen LogP contribution in [0.2, 0.25) is 0 Å². The number of nitrogens with zero attached hydrogens (tertiary/aromatic N) is 1. The van der Waals surface area contributed by atoms with E-state index in [0.717, 1.165) is 0 Å². The molecule has 1 atom stereocenters. The molecule has 2 amide bonds. The molecule has 1 saturated heterocycles. The van der Waals surface area contributed by atoms with Gasteiger partial charge in [-0.3, -0.25) is 0 Å². The molecule has 1 unspecified atom stereocenters. The summed E-state index contributed by atoms with van der Waals surface area (Å²) in [5, 5.41) is 11.5. The molecule has 1 rings (SSSR count). The molecule has 1 heterocycles. The Morgan fingerprint density at radius 2 is 2.38 bits per heavy atom. The third kappa shape index (κ3) is 3.57. The van der Waals surface area contributed by atoms with E-state index in [4.69, 9.17) is 9.84 Å². The van der Waals surface area contributed by atoms with Crippen molar-refractivity contribution in [3.8, 4) is 0 Å². The molecule has 0 aliphatic carbocycles. The average Bonchev–Trinajstić information content (AvgIpc) is 2.73. The zero-order valence-electron chi connectivity index (χ0n) is 9.14. The van der Waals surface area contributed by atoms with E-state index in [1.807, 2.05) is 6.92 Å². The third-order valence-electron chi connectivity index (χ3n) is 2.15. The minimum absolute atomic E-state index is 0.336. The molecule has 2 N–H and O–H groups in total. The minimum Gasteiger partial charge on any atom is -0.480 e. The number of aliphatic carboxylic acids is 1. The first-order chi connectivity index (χ1) is 7.66. The Kier molecular flexibility index (Phi) is 5.41. The lowest BCUT2D eigenvalue weighted by Crippen LogP contribution is -2.47. The van der Waals surface area contributed by atoms with E-state index in [2.05, 4.69) is 5.32 Å². The van der Waals surface area contributed by atoms with Gasteiger partial charge in [0.25, 0.3) is 0 Å². The fourth-order valence-electron chi connectivity index (χ4n) is 1.32. The molecule has 0 aromatic carbocycles. The highest BCUT2D eigenvalue weighted by atomic mass is 32.2. The Morgan fingerprint density at radius 1 is 1.62 bits per heavy atom. The SMILES string of the molecule is CCOCCNC(=O)N1CSCC1C(=O)O. The largest absolute Gasteiger partial charge is 0.480 e. The molecule has 92 valence electrons. The Labute approximate surface area is 98.3 Å². The summed E-state index contributed by atoms with van der Waals surface area (Å²) in [6.45, 7) is 3.33. The summed E-state index contributed by atoms with van der Waals surface area (Å²) >= 11 is 1.44. The van der Waals surface area contributed by atoms with Crippen molar-refractivity contribution in [2.45, 2.75) is 13.0 Å². The van der Waals surface area contributed by atoms with E-state index >= 15 is 0 Å². The van der Waals surface area contributed by atoms with E-state index in [0.29, 0.717) is 31.4 Å². The molecule has 0 spiro atoms. The van der Waals surface area contributed by atoms with Crippen LogP contribution in [-0.2, 0) is 9.53 Å². The normalized spacial score (nSPS) is 19.8. The molecule has 1 aliphatic rings. The molecular formula is C9H16N2O4S. The van der Waals surface area contributed by atoms with Crippen molar-refractivity contribution in [2.24, 2.45) is 0 Å². The van der Waals surface area contributed by atoms with Crippen LogP contribution in [0.4, 0.5) is 4.79 Å². The smallest absolute Gasteiger partial charge is 0.327 e. The number of hydrogen-bond donors (Lipinski definition) is 2. The van der Waals surface area contributed by atoms with Gasteiger partial charge in [0.05, 0.1) is 12.5 Å². The van der Waals surface area contributed by atoms with Gasteiger partial charge in [-0.15, -0.1) is 11.8 Å². The predicted octanol–water partition coefficient (Wildman–Crippen LogP) is 0.192. The first kappa shape index (κ1) is 13.1. The summed E-state index contributed by atoms with van der Waals surface area (Å²) in [4.78, 5) is 23.8. The molecule has 0 aromatic heterocycles. The molecule has 7 heteroatoms. The summed E-state index contributed by atoms with van der Waals surface area (Å²) in [5.74, 6) is -0.0731. The van der Waals surface area contributed by atoms with Crippen LogP contribution in [0.15, 0.2) is 0 Å². The zero-order chi connectivity index (χ0) is 12.0. The second-order valence-corrected chi connectivity index (χ2v) is 4.25. The monoisotopic (exact) mass is 248 g/mol. The summed E-state index contributed by atoms with van der Waals surface area (Å²) < 4.78 is 5.07. The van der Waals surface area contributed by atoms with Crippen LogP contribution in [0.25, 0.3) is 0 Å². The summed E-state index contributed by atoms with van der Waals surface area (Å²) in [5.41, 5.74) is 0. The first-order valence-electron chi connectivity index (χ1n) is 5.09. The summed E-state index contributed by atoms with van der Waals surface area (Å²) in [6.07, 6.45) is 0. The van der Waals surface area contributed by atoms with Crippen molar-refractivity contribution in [1.29, 1.82) is 0 Å². The van der Waals surface area contributed by atoms with Crippen LogP contribution in [0.5, 0.6) is 0 Å². The number of rotatable bonds is 5. The Bertz CT molecular complexity index is 262. The van der Waals surface area contributed by atoms with Gasteiger partial charge < -0.3 is 20.1 Å². The van der Waals surface area contributed by atoms with Crippen molar-refractivity contribution in [1.82, 2.24) is 10.2 Å². The van der Waals surface area contributed by atoms with Crippen LogP contribution in [0.3, 0.4) is 0 Å². The van der Waals surface area contributed by atoms with Crippen molar-refractivity contribution in [2.75, 3.05) is 31.4 Å². The zero-order valence-corrected chi connectivity index (χ0v) is 9.96. The number of amides is 2. The van der Waals surface area contributed by atoms with Crippen molar-refractivity contribution >= 4 is 23.8 Å². The quantitative estimate of drug-likeness (QED) is 0.679. The molecule has 1 fully saturated rings. The molecule has 0 radical (unpaired) electrons. The number of carbonyl (C=O) groups excluding carboxylic acids is 1. The molecule has 1 aliphatic heterocycles. The average molecular weight is 248 g/mol. The van der Waals surface area contributed by atoms with Gasteiger partial charge >= 0.3 is 12.0 Å². The highest BCUT2D eigenvalue weighted by Gasteiger charge is 2.34. The van der Waals surface area contributed by atoms with Crippen LogP contribution >= 0.6 is 11.8 Å².